The highest BCUT2D eigenvalue weighted by atomic mass is 19.4. The Bertz CT molecular complexity index is 1180. The number of nitrogens with zero attached hydrogens (tertiary/aromatic N) is 3. The SMILES string of the molecule is N#CCC1(n2nc(Nc3ccc([C@@H](N)C(F)(F)F)cc3)c3c(=O)[nH]ccc32)CCCC1. The molecule has 1 saturated carbocycles. The van der Waals surface area contributed by atoms with Gasteiger partial charge in [-0.1, -0.05) is 25.0 Å². The monoisotopic (exact) mass is 430 g/mol. The van der Waals surface area contributed by atoms with Crippen LogP contribution in [0.15, 0.2) is 41.3 Å². The molecule has 31 heavy (non-hydrogen) atoms. The van der Waals surface area contributed by atoms with E-state index in [1.165, 1.54) is 30.5 Å². The van der Waals surface area contributed by atoms with Gasteiger partial charge >= 0.3 is 6.18 Å². The Hall–Kier alpha value is -3.32. The maximum absolute atomic E-state index is 12.8. The van der Waals surface area contributed by atoms with Crippen LogP contribution < -0.4 is 16.6 Å². The Balaban J connectivity index is 1.74. The summed E-state index contributed by atoms with van der Waals surface area (Å²) in [5, 5.41) is 17.4. The minimum absolute atomic E-state index is 0.0646. The fourth-order valence-corrected chi connectivity index (χ4v) is 4.27. The molecular weight excluding hydrogens is 409 g/mol. The van der Waals surface area contributed by atoms with Crippen molar-refractivity contribution in [3.8, 4) is 6.07 Å². The molecule has 1 aliphatic rings. The first-order valence-corrected chi connectivity index (χ1v) is 9.92. The van der Waals surface area contributed by atoms with Crippen LogP contribution in [0.5, 0.6) is 0 Å². The lowest BCUT2D eigenvalue weighted by molar-refractivity contribution is -0.149. The molecule has 2 aromatic heterocycles. The van der Waals surface area contributed by atoms with Gasteiger partial charge in [0.15, 0.2) is 5.82 Å². The summed E-state index contributed by atoms with van der Waals surface area (Å²) in [4.78, 5) is 15.2. The average Bonchev–Trinajstić information content (AvgIpc) is 3.34. The Morgan fingerprint density at radius 3 is 2.55 bits per heavy atom. The molecule has 162 valence electrons. The molecule has 0 bridgehead atoms. The van der Waals surface area contributed by atoms with Gasteiger partial charge in [0.2, 0.25) is 0 Å². The van der Waals surface area contributed by atoms with Gasteiger partial charge in [-0.15, -0.1) is 0 Å². The fourth-order valence-electron chi connectivity index (χ4n) is 4.27. The van der Waals surface area contributed by atoms with Crippen LogP contribution in [0, 0.1) is 11.3 Å². The molecule has 3 aromatic rings. The van der Waals surface area contributed by atoms with Crippen molar-refractivity contribution in [3.05, 3.63) is 52.4 Å². The third kappa shape index (κ3) is 3.77. The molecule has 1 fully saturated rings. The number of nitrogens with two attached hydrogens (primary N) is 1. The number of pyridine rings is 1. The van der Waals surface area contributed by atoms with Crippen molar-refractivity contribution in [2.24, 2.45) is 5.73 Å². The topological polar surface area (TPSA) is 113 Å². The highest BCUT2D eigenvalue weighted by molar-refractivity contribution is 5.91. The van der Waals surface area contributed by atoms with Gasteiger partial charge in [0.1, 0.15) is 11.4 Å². The number of hydrogen-bond acceptors (Lipinski definition) is 5. The fraction of sp³-hybridized carbons (Fsp3) is 0.381. The van der Waals surface area contributed by atoms with Crippen molar-refractivity contribution in [1.29, 1.82) is 5.26 Å². The zero-order chi connectivity index (χ0) is 22.2. The minimum atomic E-state index is -4.53. The van der Waals surface area contributed by atoms with Crippen LogP contribution in [-0.2, 0) is 5.54 Å². The lowest BCUT2D eigenvalue weighted by atomic mass is 9.94. The molecular formula is C21H21F3N6O. The van der Waals surface area contributed by atoms with Gasteiger partial charge < -0.3 is 16.0 Å². The van der Waals surface area contributed by atoms with E-state index in [4.69, 9.17) is 5.73 Å². The van der Waals surface area contributed by atoms with Crippen LogP contribution in [0.25, 0.3) is 10.9 Å². The first-order valence-electron chi connectivity index (χ1n) is 9.92. The molecule has 0 saturated heterocycles. The van der Waals surface area contributed by atoms with E-state index < -0.39 is 17.8 Å². The second kappa shape index (κ2) is 7.74. The predicted octanol–water partition coefficient (Wildman–Crippen LogP) is 4.21. The summed E-state index contributed by atoms with van der Waals surface area (Å²) in [7, 11) is 0. The van der Waals surface area contributed by atoms with Gasteiger partial charge in [-0.05, 0) is 36.6 Å². The Kier molecular flexibility index (Phi) is 5.23. The van der Waals surface area contributed by atoms with Crippen molar-refractivity contribution in [2.75, 3.05) is 5.32 Å². The van der Waals surface area contributed by atoms with Gasteiger partial charge in [-0.2, -0.15) is 23.5 Å². The average molecular weight is 430 g/mol. The Morgan fingerprint density at radius 2 is 1.94 bits per heavy atom. The van der Waals surface area contributed by atoms with Gasteiger partial charge in [0, 0.05) is 11.9 Å². The first kappa shape index (κ1) is 20.9. The number of halogens is 3. The molecule has 10 heteroatoms. The van der Waals surface area contributed by atoms with Gasteiger partial charge in [0.25, 0.3) is 5.56 Å². The number of benzene rings is 1. The molecule has 1 aromatic carbocycles. The highest BCUT2D eigenvalue weighted by Gasteiger charge is 2.39. The number of alkyl halides is 3. The second-order valence-electron chi connectivity index (χ2n) is 7.86. The van der Waals surface area contributed by atoms with Gasteiger partial charge in [0.05, 0.1) is 23.5 Å². The molecule has 0 aliphatic heterocycles. The van der Waals surface area contributed by atoms with Gasteiger partial charge in [-0.25, -0.2) is 0 Å². The predicted molar refractivity (Wildman–Crippen MR) is 110 cm³/mol. The van der Waals surface area contributed by atoms with Crippen LogP contribution in [0.3, 0.4) is 0 Å². The third-order valence-corrected chi connectivity index (χ3v) is 5.88. The van der Waals surface area contributed by atoms with Gasteiger partial charge in [-0.3, -0.25) is 9.48 Å². The van der Waals surface area contributed by atoms with E-state index in [9.17, 15) is 23.2 Å². The summed E-state index contributed by atoms with van der Waals surface area (Å²) in [6.45, 7) is 0. The maximum atomic E-state index is 12.8. The smallest absolute Gasteiger partial charge is 0.338 e. The number of nitriles is 1. The molecule has 4 N–H and O–H groups in total. The number of rotatable bonds is 5. The third-order valence-electron chi connectivity index (χ3n) is 5.88. The minimum Gasteiger partial charge on any atom is -0.338 e. The molecule has 0 radical (unpaired) electrons. The lowest BCUT2D eigenvalue weighted by Gasteiger charge is -2.27. The van der Waals surface area contributed by atoms with E-state index in [1.54, 1.807) is 10.7 Å². The molecule has 2 heterocycles. The molecule has 4 rings (SSSR count). The van der Waals surface area contributed by atoms with E-state index in [-0.39, 0.29) is 23.4 Å². The Morgan fingerprint density at radius 1 is 1.26 bits per heavy atom. The quantitative estimate of drug-likeness (QED) is 0.561. The molecule has 1 atom stereocenters. The number of anilines is 2. The van der Waals surface area contributed by atoms with Crippen LogP contribution in [0.2, 0.25) is 0 Å². The van der Waals surface area contributed by atoms with Crippen LogP contribution in [0.1, 0.15) is 43.7 Å². The van der Waals surface area contributed by atoms with Crippen molar-refractivity contribution >= 4 is 22.4 Å². The molecule has 1 aliphatic carbocycles. The molecule has 0 amide bonds. The van der Waals surface area contributed by atoms with Crippen molar-refractivity contribution in [1.82, 2.24) is 14.8 Å². The van der Waals surface area contributed by atoms with Crippen LogP contribution in [-0.4, -0.2) is 20.9 Å². The zero-order valence-electron chi connectivity index (χ0n) is 16.5. The highest BCUT2D eigenvalue weighted by Crippen LogP contribution is 2.41. The number of nitrogens with one attached hydrogen (secondary N) is 2. The standard InChI is InChI=1S/C21H21F3N6O/c22-21(23,24)17(26)13-3-5-14(6-4-13)28-18-16-15(7-12-27-19(16)31)30(29-18)20(10-11-25)8-1-2-9-20/h3-7,12,17H,1-2,8-10,26H2,(H,27,31)(H,28,29)/t17-/m1/s1. The maximum Gasteiger partial charge on any atom is 0.407 e. The first-order chi connectivity index (χ1) is 14.7. The van der Waals surface area contributed by atoms with Crippen LogP contribution in [0.4, 0.5) is 24.7 Å². The summed E-state index contributed by atoms with van der Waals surface area (Å²) < 4.78 is 40.3. The summed E-state index contributed by atoms with van der Waals surface area (Å²) >= 11 is 0. The number of H-pyrrole nitrogens is 1. The second-order valence-corrected chi connectivity index (χ2v) is 7.86. The van der Waals surface area contributed by atoms with Crippen molar-refractivity contribution < 1.29 is 13.2 Å². The summed E-state index contributed by atoms with van der Waals surface area (Å²) in [6.07, 6.45) is 0.787. The molecule has 0 unspecified atom stereocenters. The molecule has 7 nitrogen and oxygen atoms in total. The lowest BCUT2D eigenvalue weighted by Crippen LogP contribution is -2.31. The summed E-state index contributed by atoms with van der Waals surface area (Å²) in [5.74, 6) is 0.286. The van der Waals surface area contributed by atoms with Crippen molar-refractivity contribution in [3.63, 3.8) is 0 Å². The largest absolute Gasteiger partial charge is 0.407 e. The van der Waals surface area contributed by atoms with E-state index in [0.717, 1.165) is 25.7 Å². The normalized spacial score (nSPS) is 16.9. The van der Waals surface area contributed by atoms with E-state index >= 15 is 0 Å². The molecule has 0 spiro atoms. The number of aromatic nitrogens is 3. The summed E-state index contributed by atoms with van der Waals surface area (Å²) in [6, 6.07) is 7.42. The Labute approximate surface area is 175 Å². The van der Waals surface area contributed by atoms with E-state index in [0.29, 0.717) is 16.6 Å². The van der Waals surface area contributed by atoms with E-state index in [1.807, 2.05) is 0 Å². The van der Waals surface area contributed by atoms with Crippen molar-refractivity contribution in [2.45, 2.75) is 49.9 Å². The van der Waals surface area contributed by atoms with E-state index in [2.05, 4.69) is 21.5 Å². The number of aromatic amines is 1. The zero-order valence-corrected chi connectivity index (χ0v) is 16.5. The number of hydrogen-bond donors (Lipinski definition) is 3. The van der Waals surface area contributed by atoms with Crippen LogP contribution >= 0.6 is 0 Å². The number of fused-ring (bicyclic) bond motifs is 1. The summed E-state index contributed by atoms with van der Waals surface area (Å²) in [5.41, 5.74) is 5.44.